The van der Waals surface area contributed by atoms with Crippen molar-refractivity contribution in [2.45, 2.75) is 27.7 Å². The Kier molecular flexibility index (Phi) is 5.10. The molecule has 7 aromatic carbocycles. The summed E-state index contributed by atoms with van der Waals surface area (Å²) in [6.07, 6.45) is 0. The van der Waals surface area contributed by atoms with Gasteiger partial charge in [-0.25, -0.2) is 9.80 Å². The van der Waals surface area contributed by atoms with Crippen LogP contribution < -0.4 is 9.80 Å². The van der Waals surface area contributed by atoms with Gasteiger partial charge in [0.15, 0.2) is 0 Å². The van der Waals surface area contributed by atoms with Crippen LogP contribution in [0, 0.1) is 27.7 Å². The second-order valence-electron chi connectivity index (χ2n) is 12.6. The number of hydrogen-bond donors (Lipinski definition) is 0. The predicted octanol–water partition coefficient (Wildman–Crippen LogP) is 8.57. The average molecular weight is 599 g/mol. The fourth-order valence-electron chi connectivity index (χ4n) is 7.47. The van der Waals surface area contributed by atoms with E-state index in [0.717, 1.165) is 54.6 Å². The molecule has 0 bridgehead atoms. The van der Waals surface area contributed by atoms with Crippen LogP contribution in [0.25, 0.3) is 43.1 Å². The summed E-state index contributed by atoms with van der Waals surface area (Å²) in [7, 11) is 0. The number of carbonyl (C=O) groups excluding carboxylic acids is 4. The topological polar surface area (TPSA) is 74.8 Å². The third kappa shape index (κ3) is 3.20. The van der Waals surface area contributed by atoms with Gasteiger partial charge in [0.1, 0.15) is 0 Å². The molecule has 0 atom stereocenters. The van der Waals surface area contributed by atoms with Crippen molar-refractivity contribution >= 4 is 78.1 Å². The molecule has 2 heterocycles. The summed E-state index contributed by atoms with van der Waals surface area (Å²) in [5.74, 6) is -1.43. The van der Waals surface area contributed by atoms with E-state index in [4.69, 9.17) is 0 Å². The molecule has 0 saturated heterocycles. The van der Waals surface area contributed by atoms with Crippen molar-refractivity contribution in [3.63, 3.8) is 0 Å². The maximum absolute atomic E-state index is 14.0. The first kappa shape index (κ1) is 26.5. The second-order valence-corrected chi connectivity index (χ2v) is 12.6. The van der Waals surface area contributed by atoms with Crippen molar-refractivity contribution in [1.29, 1.82) is 0 Å². The summed E-state index contributed by atoms with van der Waals surface area (Å²) in [4.78, 5) is 58.5. The Balaban J connectivity index is 1.29. The largest absolute Gasteiger partial charge is 0.268 e. The van der Waals surface area contributed by atoms with E-state index in [2.05, 4.69) is 0 Å². The van der Waals surface area contributed by atoms with Gasteiger partial charge in [0.25, 0.3) is 23.6 Å². The average Bonchev–Trinajstić information content (AvgIpc) is 3.05. The number of rotatable bonds is 2. The quantitative estimate of drug-likeness (QED) is 0.114. The molecule has 220 valence electrons. The fraction of sp³-hybridized carbons (Fsp3) is 0.100. The van der Waals surface area contributed by atoms with Crippen molar-refractivity contribution in [3.8, 4) is 0 Å². The van der Waals surface area contributed by atoms with Gasteiger partial charge < -0.3 is 0 Å². The lowest BCUT2D eigenvalue weighted by Gasteiger charge is -2.30. The van der Waals surface area contributed by atoms with Crippen LogP contribution in [-0.4, -0.2) is 23.6 Å². The van der Waals surface area contributed by atoms with Crippen LogP contribution in [0.1, 0.15) is 63.7 Å². The molecule has 2 aliphatic heterocycles. The molecule has 2 aliphatic rings. The van der Waals surface area contributed by atoms with Crippen LogP contribution in [0.4, 0.5) is 11.4 Å². The number of amides is 4. The summed E-state index contributed by atoms with van der Waals surface area (Å²) in [6.45, 7) is 7.92. The molecule has 0 aromatic heterocycles. The minimum Gasteiger partial charge on any atom is -0.268 e. The van der Waals surface area contributed by atoms with Gasteiger partial charge in [-0.05, 0) is 131 Å². The Labute approximate surface area is 263 Å². The molecule has 0 spiro atoms. The molecule has 7 aromatic rings. The second kappa shape index (κ2) is 8.86. The smallest absolute Gasteiger partial charge is 0.265 e. The Hall–Kier alpha value is -5.88. The van der Waals surface area contributed by atoms with E-state index in [1.165, 1.54) is 9.80 Å². The number of nitrogens with zero attached hydrogens (tertiary/aromatic N) is 2. The Morgan fingerprint density at radius 1 is 0.348 bits per heavy atom. The van der Waals surface area contributed by atoms with E-state index in [1.54, 1.807) is 24.3 Å². The minimum absolute atomic E-state index is 0.358. The zero-order valence-electron chi connectivity index (χ0n) is 25.6. The van der Waals surface area contributed by atoms with E-state index < -0.39 is 0 Å². The van der Waals surface area contributed by atoms with Crippen LogP contribution in [0.5, 0.6) is 0 Å². The van der Waals surface area contributed by atoms with Gasteiger partial charge in [-0.2, -0.15) is 0 Å². The molecule has 0 fully saturated rings. The van der Waals surface area contributed by atoms with Crippen molar-refractivity contribution < 1.29 is 19.2 Å². The van der Waals surface area contributed by atoms with Gasteiger partial charge in [0, 0.05) is 33.0 Å². The molecule has 4 amide bonds. The number of carbonyl (C=O) groups is 4. The maximum Gasteiger partial charge on any atom is 0.265 e. The number of aryl methyl sites for hydroxylation is 4. The molecule has 0 radical (unpaired) electrons. The summed E-state index contributed by atoms with van der Waals surface area (Å²) in [5, 5.41) is 6.39. The Bertz CT molecular complexity index is 2310. The highest BCUT2D eigenvalue weighted by Crippen LogP contribution is 2.47. The van der Waals surface area contributed by atoms with Gasteiger partial charge in [-0.3, -0.25) is 19.2 Å². The molecule has 46 heavy (non-hydrogen) atoms. The van der Waals surface area contributed by atoms with Crippen LogP contribution in [0.3, 0.4) is 0 Å². The minimum atomic E-state index is -0.358. The molecule has 0 aliphatic carbocycles. The van der Waals surface area contributed by atoms with Crippen molar-refractivity contribution in [2.75, 3.05) is 9.80 Å². The standard InChI is InChI=1S/C40H26N2O4/c1-19-5-7-23(17-21(19)3)41-37(43)29-13-9-25-27-11-15-31-36-32(40(46)42(39(31)45)24-8-6-20(2)22(4)18-24)16-12-28(34(27)36)26-10-14-30(38(41)44)35(29)33(25)26/h5-18H,1-4H3. The number of imide groups is 2. The summed E-state index contributed by atoms with van der Waals surface area (Å²) >= 11 is 0. The van der Waals surface area contributed by atoms with E-state index in [0.29, 0.717) is 44.4 Å². The Morgan fingerprint density at radius 2 is 0.652 bits per heavy atom. The van der Waals surface area contributed by atoms with E-state index >= 15 is 0 Å². The van der Waals surface area contributed by atoms with Gasteiger partial charge in [0.05, 0.1) is 11.4 Å². The van der Waals surface area contributed by atoms with Crippen LogP contribution in [-0.2, 0) is 0 Å². The SMILES string of the molecule is Cc1ccc(N2C(=O)c3ccc4c5ccc6c7c(ccc(c8ccc(c3c48)C2=O)c75)C(=O)N(c2ccc(C)c(C)c2)C6=O)cc1C. The van der Waals surface area contributed by atoms with Crippen LogP contribution >= 0.6 is 0 Å². The molecular weight excluding hydrogens is 572 g/mol. The number of anilines is 2. The lowest BCUT2D eigenvalue weighted by atomic mass is 9.82. The van der Waals surface area contributed by atoms with Crippen molar-refractivity contribution in [1.82, 2.24) is 0 Å². The first-order valence-electron chi connectivity index (χ1n) is 15.3. The van der Waals surface area contributed by atoms with Crippen molar-refractivity contribution in [3.05, 3.63) is 129 Å². The van der Waals surface area contributed by atoms with Crippen LogP contribution in [0.15, 0.2) is 84.9 Å². The van der Waals surface area contributed by atoms with Gasteiger partial charge in [-0.1, -0.05) is 36.4 Å². The number of hydrogen-bond acceptors (Lipinski definition) is 4. The summed E-state index contributed by atoms with van der Waals surface area (Å²) in [6, 6.07) is 26.1. The molecule has 9 rings (SSSR count). The highest BCUT2D eigenvalue weighted by atomic mass is 16.2. The molecule has 6 heteroatoms. The normalized spacial score (nSPS) is 14.6. The fourth-order valence-corrected chi connectivity index (χ4v) is 7.47. The predicted molar refractivity (Wildman–Crippen MR) is 182 cm³/mol. The lowest BCUT2D eigenvalue weighted by molar-refractivity contribution is 0.0877. The lowest BCUT2D eigenvalue weighted by Crippen LogP contribution is -2.40. The zero-order valence-corrected chi connectivity index (χ0v) is 25.6. The van der Waals surface area contributed by atoms with Gasteiger partial charge >= 0.3 is 0 Å². The first-order chi connectivity index (χ1) is 22.2. The molecule has 0 saturated carbocycles. The molecule has 0 unspecified atom stereocenters. The highest BCUT2D eigenvalue weighted by molar-refractivity contribution is 6.45. The van der Waals surface area contributed by atoms with Crippen LogP contribution in [0.2, 0.25) is 0 Å². The van der Waals surface area contributed by atoms with E-state index in [1.807, 2.05) is 88.4 Å². The van der Waals surface area contributed by atoms with Gasteiger partial charge in [0.2, 0.25) is 0 Å². The first-order valence-corrected chi connectivity index (χ1v) is 15.3. The van der Waals surface area contributed by atoms with E-state index in [-0.39, 0.29) is 23.6 Å². The summed E-state index contributed by atoms with van der Waals surface area (Å²) < 4.78 is 0. The molecule has 6 nitrogen and oxygen atoms in total. The monoisotopic (exact) mass is 598 g/mol. The van der Waals surface area contributed by atoms with Gasteiger partial charge in [-0.15, -0.1) is 0 Å². The van der Waals surface area contributed by atoms with Crippen molar-refractivity contribution in [2.24, 2.45) is 0 Å². The summed E-state index contributed by atoms with van der Waals surface area (Å²) in [5.41, 5.74) is 7.14. The zero-order chi connectivity index (χ0) is 31.8. The third-order valence-corrected chi connectivity index (χ3v) is 10.1. The number of benzene rings is 7. The third-order valence-electron chi connectivity index (χ3n) is 10.1. The van der Waals surface area contributed by atoms with E-state index in [9.17, 15) is 19.2 Å². The molecular formula is C40H26N2O4. The molecule has 0 N–H and O–H groups in total. The maximum atomic E-state index is 14.0. The number of fused-ring (bicyclic) bond motifs is 2. The Morgan fingerprint density at radius 3 is 0.935 bits per heavy atom. The highest BCUT2D eigenvalue weighted by Gasteiger charge is 2.38.